The van der Waals surface area contributed by atoms with Gasteiger partial charge in [0.15, 0.2) is 11.6 Å². The molecule has 1 fully saturated rings. The molecule has 34 heavy (non-hydrogen) atoms. The lowest BCUT2D eigenvalue weighted by Gasteiger charge is -2.27. The lowest BCUT2D eigenvalue weighted by atomic mass is 9.78. The van der Waals surface area contributed by atoms with E-state index in [1.165, 1.54) is 30.4 Å². The molecule has 0 aromatic heterocycles. The van der Waals surface area contributed by atoms with E-state index in [9.17, 15) is 22.0 Å². The van der Waals surface area contributed by atoms with Crippen molar-refractivity contribution in [2.24, 2.45) is 5.92 Å². The summed E-state index contributed by atoms with van der Waals surface area (Å²) >= 11 is 0. The predicted molar refractivity (Wildman–Crippen MR) is 123 cm³/mol. The van der Waals surface area contributed by atoms with Crippen LogP contribution in [0.2, 0.25) is 0 Å². The molecule has 1 aliphatic carbocycles. The molecule has 2 aromatic rings. The van der Waals surface area contributed by atoms with Crippen molar-refractivity contribution in [3.05, 3.63) is 76.9 Å². The van der Waals surface area contributed by atoms with Crippen LogP contribution in [0.3, 0.4) is 0 Å². The van der Waals surface area contributed by atoms with Crippen LogP contribution in [-0.2, 0) is 6.42 Å². The Hall–Kier alpha value is -2.81. The second kappa shape index (κ2) is 12.1. The highest BCUT2D eigenvalue weighted by molar-refractivity contribution is 5.42. The molecular weight excluding hydrogens is 447 g/mol. The third kappa shape index (κ3) is 7.90. The minimum atomic E-state index is -5.17. The monoisotopic (exact) mass is 476 g/mol. The summed E-state index contributed by atoms with van der Waals surface area (Å²) in [7, 11) is 0. The van der Waals surface area contributed by atoms with Gasteiger partial charge in [0.05, 0.1) is 0 Å². The fourth-order valence-corrected chi connectivity index (χ4v) is 4.34. The Balaban J connectivity index is 1.50. The van der Waals surface area contributed by atoms with Gasteiger partial charge in [-0.2, -0.15) is 0 Å². The molecule has 1 aliphatic rings. The molecule has 0 heterocycles. The first kappa shape index (κ1) is 25.8. The first-order chi connectivity index (χ1) is 16.2. The second-order valence-electron chi connectivity index (χ2n) is 8.76. The van der Waals surface area contributed by atoms with Gasteiger partial charge >= 0.3 is 6.36 Å². The van der Waals surface area contributed by atoms with Gasteiger partial charge in [-0.25, -0.2) is 8.78 Å². The van der Waals surface area contributed by atoms with Crippen molar-refractivity contribution in [1.29, 1.82) is 0 Å². The zero-order chi connectivity index (χ0) is 24.6. The van der Waals surface area contributed by atoms with Gasteiger partial charge in [-0.1, -0.05) is 61.9 Å². The Labute approximate surface area is 198 Å². The highest BCUT2D eigenvalue weighted by Gasteiger charge is 2.34. The van der Waals surface area contributed by atoms with Crippen LogP contribution < -0.4 is 4.74 Å². The zero-order valence-corrected chi connectivity index (χ0v) is 19.2. The number of ether oxygens (including phenoxy) is 1. The van der Waals surface area contributed by atoms with Crippen LogP contribution in [0.25, 0.3) is 0 Å². The van der Waals surface area contributed by atoms with E-state index in [2.05, 4.69) is 47.8 Å². The van der Waals surface area contributed by atoms with Crippen molar-refractivity contribution in [3.8, 4) is 17.6 Å². The van der Waals surface area contributed by atoms with Crippen molar-refractivity contribution < 1.29 is 26.7 Å². The minimum Gasteiger partial charge on any atom is -0.399 e. The molecular formula is C28H29F5O. The average molecular weight is 477 g/mol. The average Bonchev–Trinajstić information content (AvgIpc) is 2.80. The molecule has 0 atom stereocenters. The standard InChI is InChI=1S/C28H29F5O/c1-2-3-4-7-20-10-14-23(15-11-20)24-16-12-21(13-17-24)8-5-6-9-22-18-25(29)27(26(30)19-22)34-28(31,32)33/h5,8,10-11,14-15,18-19,21,24H,2-4,7,12-13,16-17H2,1H3/b8-5+/t21-,24-. The van der Waals surface area contributed by atoms with Gasteiger partial charge in [-0.05, 0) is 79.7 Å². The zero-order valence-electron chi connectivity index (χ0n) is 19.2. The minimum absolute atomic E-state index is 0.0592. The van der Waals surface area contributed by atoms with Crippen LogP contribution in [0.1, 0.15) is 74.5 Å². The van der Waals surface area contributed by atoms with E-state index >= 15 is 0 Å². The van der Waals surface area contributed by atoms with E-state index in [1.807, 2.05) is 6.08 Å². The third-order valence-electron chi connectivity index (χ3n) is 6.18. The summed E-state index contributed by atoms with van der Waals surface area (Å²) in [6, 6.07) is 10.5. The van der Waals surface area contributed by atoms with Gasteiger partial charge in [0.25, 0.3) is 0 Å². The predicted octanol–water partition coefficient (Wildman–Crippen LogP) is 8.48. The first-order valence-corrected chi connectivity index (χ1v) is 11.8. The summed E-state index contributed by atoms with van der Waals surface area (Å²) in [6.07, 6.45) is 7.58. The van der Waals surface area contributed by atoms with E-state index < -0.39 is 23.7 Å². The molecule has 0 saturated heterocycles. The maximum atomic E-state index is 13.8. The molecule has 2 aromatic carbocycles. The smallest absolute Gasteiger partial charge is 0.399 e. The maximum Gasteiger partial charge on any atom is 0.573 e. The van der Waals surface area contributed by atoms with Gasteiger partial charge in [0.1, 0.15) is 0 Å². The number of aryl methyl sites for hydroxylation is 1. The van der Waals surface area contributed by atoms with Crippen molar-refractivity contribution in [3.63, 3.8) is 0 Å². The molecule has 0 radical (unpaired) electrons. The number of alkyl halides is 3. The van der Waals surface area contributed by atoms with Crippen LogP contribution in [0.4, 0.5) is 22.0 Å². The van der Waals surface area contributed by atoms with E-state index in [0.717, 1.165) is 44.2 Å². The molecule has 3 rings (SSSR count). The van der Waals surface area contributed by atoms with Crippen molar-refractivity contribution in [2.45, 2.75) is 70.6 Å². The topological polar surface area (TPSA) is 9.23 Å². The summed E-state index contributed by atoms with van der Waals surface area (Å²) in [5, 5.41) is 0. The van der Waals surface area contributed by atoms with Crippen LogP contribution >= 0.6 is 0 Å². The first-order valence-electron chi connectivity index (χ1n) is 11.8. The SMILES string of the molecule is CCCCCc1ccc([C@H]2CC[C@H](/C=C/C#Cc3cc(F)c(OC(F)(F)F)c(F)c3)CC2)cc1. The lowest BCUT2D eigenvalue weighted by Crippen LogP contribution is -2.19. The van der Waals surface area contributed by atoms with Gasteiger partial charge in [0, 0.05) is 5.56 Å². The molecule has 6 heteroatoms. The van der Waals surface area contributed by atoms with E-state index in [-0.39, 0.29) is 5.56 Å². The van der Waals surface area contributed by atoms with Gasteiger partial charge in [-0.3, -0.25) is 0 Å². The molecule has 0 bridgehead atoms. The van der Waals surface area contributed by atoms with Gasteiger partial charge < -0.3 is 4.74 Å². The van der Waals surface area contributed by atoms with Crippen molar-refractivity contribution >= 4 is 0 Å². The van der Waals surface area contributed by atoms with E-state index in [1.54, 1.807) is 6.08 Å². The summed E-state index contributed by atoms with van der Waals surface area (Å²) < 4.78 is 67.6. The summed E-state index contributed by atoms with van der Waals surface area (Å²) in [5.74, 6) is 1.85. The summed E-state index contributed by atoms with van der Waals surface area (Å²) in [5.41, 5.74) is 2.73. The largest absolute Gasteiger partial charge is 0.573 e. The Bertz CT molecular complexity index is 996. The Morgan fingerprint density at radius 1 is 0.971 bits per heavy atom. The number of rotatable bonds is 7. The quantitative estimate of drug-likeness (QED) is 0.221. The van der Waals surface area contributed by atoms with Crippen molar-refractivity contribution in [1.82, 2.24) is 0 Å². The molecule has 0 unspecified atom stereocenters. The van der Waals surface area contributed by atoms with Gasteiger partial charge in [-0.15, -0.1) is 13.2 Å². The Morgan fingerprint density at radius 2 is 1.62 bits per heavy atom. The molecule has 1 nitrogen and oxygen atoms in total. The molecule has 182 valence electrons. The number of hydrogen-bond acceptors (Lipinski definition) is 1. The number of benzene rings is 2. The van der Waals surface area contributed by atoms with Crippen LogP contribution in [0, 0.1) is 29.4 Å². The lowest BCUT2D eigenvalue weighted by molar-refractivity contribution is -0.276. The van der Waals surface area contributed by atoms with Crippen LogP contribution in [0.5, 0.6) is 5.75 Å². The normalized spacial score (nSPS) is 18.5. The highest BCUT2D eigenvalue weighted by atomic mass is 19.4. The molecule has 0 aliphatic heterocycles. The number of allylic oxidation sites excluding steroid dienone is 2. The number of hydrogen-bond donors (Lipinski definition) is 0. The van der Waals surface area contributed by atoms with Crippen molar-refractivity contribution in [2.75, 3.05) is 0 Å². The third-order valence-corrected chi connectivity index (χ3v) is 6.18. The molecule has 0 spiro atoms. The Morgan fingerprint density at radius 3 is 2.21 bits per heavy atom. The number of unbranched alkanes of at least 4 members (excludes halogenated alkanes) is 2. The molecule has 0 amide bonds. The number of halogens is 5. The van der Waals surface area contributed by atoms with Gasteiger partial charge in [0.2, 0.25) is 5.75 Å². The fraction of sp³-hybridized carbons (Fsp3) is 0.429. The van der Waals surface area contributed by atoms with Crippen LogP contribution in [-0.4, -0.2) is 6.36 Å². The van der Waals surface area contributed by atoms with Crippen LogP contribution in [0.15, 0.2) is 48.6 Å². The maximum absolute atomic E-state index is 13.8. The van der Waals surface area contributed by atoms with E-state index in [0.29, 0.717) is 11.8 Å². The Kier molecular flexibility index (Phi) is 9.15. The highest BCUT2D eigenvalue weighted by Crippen LogP contribution is 2.36. The fourth-order valence-electron chi connectivity index (χ4n) is 4.34. The van der Waals surface area contributed by atoms with E-state index in [4.69, 9.17) is 0 Å². The molecule has 0 N–H and O–H groups in total. The summed E-state index contributed by atoms with van der Waals surface area (Å²) in [6.45, 7) is 2.21. The molecule has 1 saturated carbocycles. The summed E-state index contributed by atoms with van der Waals surface area (Å²) in [4.78, 5) is 0. The second-order valence-corrected chi connectivity index (χ2v) is 8.76.